The van der Waals surface area contributed by atoms with Crippen LogP contribution in [0.25, 0.3) is 0 Å². The lowest BCUT2D eigenvalue weighted by atomic mass is 10.0. The van der Waals surface area contributed by atoms with Gasteiger partial charge in [0.05, 0.1) is 13.2 Å². The van der Waals surface area contributed by atoms with Crippen molar-refractivity contribution in [3.05, 3.63) is 0 Å². The first kappa shape index (κ1) is 17.0. The number of piperidine rings is 1. The van der Waals surface area contributed by atoms with Crippen molar-refractivity contribution in [2.75, 3.05) is 59.5 Å². The normalized spacial score (nSPS) is 20.7. The van der Waals surface area contributed by atoms with Crippen molar-refractivity contribution >= 4 is 11.9 Å². The molecule has 3 amide bonds. The Balaban J connectivity index is 1.70. The maximum atomic E-state index is 12.2. The molecule has 2 heterocycles. The smallest absolute Gasteiger partial charge is 0.320 e. The standard InChI is InChI=1S/C15H28N4O3/c1-3-18-9-10-19(15(18)21)13-4-7-17(8-5-13)12-14(20)16-6-11-22-2/h13H,3-12H2,1-2H3,(H,16,20). The number of likely N-dealkylation sites (tertiary alicyclic amines) is 1. The van der Waals surface area contributed by atoms with Crippen LogP contribution in [0.1, 0.15) is 19.8 Å². The summed E-state index contributed by atoms with van der Waals surface area (Å²) in [5.74, 6) is 0.0462. The molecule has 0 bridgehead atoms. The number of hydrogen-bond acceptors (Lipinski definition) is 4. The Hall–Kier alpha value is -1.34. The summed E-state index contributed by atoms with van der Waals surface area (Å²) in [4.78, 5) is 30.1. The molecule has 2 fully saturated rings. The molecule has 2 aliphatic heterocycles. The molecule has 0 saturated carbocycles. The van der Waals surface area contributed by atoms with Gasteiger partial charge in [-0.25, -0.2) is 4.79 Å². The summed E-state index contributed by atoms with van der Waals surface area (Å²) in [5.41, 5.74) is 0. The number of urea groups is 1. The molecule has 22 heavy (non-hydrogen) atoms. The highest BCUT2D eigenvalue weighted by Gasteiger charge is 2.34. The number of rotatable bonds is 7. The Bertz CT molecular complexity index is 383. The van der Waals surface area contributed by atoms with E-state index in [0.29, 0.717) is 25.7 Å². The van der Waals surface area contributed by atoms with Crippen molar-refractivity contribution < 1.29 is 14.3 Å². The second-order valence-corrected chi connectivity index (χ2v) is 5.91. The van der Waals surface area contributed by atoms with Crippen molar-refractivity contribution in [3.63, 3.8) is 0 Å². The molecular weight excluding hydrogens is 284 g/mol. The van der Waals surface area contributed by atoms with Gasteiger partial charge in [0.25, 0.3) is 0 Å². The Morgan fingerprint density at radius 2 is 2.00 bits per heavy atom. The van der Waals surface area contributed by atoms with E-state index in [1.807, 2.05) is 16.7 Å². The highest BCUT2D eigenvalue weighted by molar-refractivity contribution is 5.78. The molecule has 0 spiro atoms. The van der Waals surface area contributed by atoms with Gasteiger partial charge in [-0.3, -0.25) is 9.69 Å². The fourth-order valence-electron chi connectivity index (χ4n) is 3.17. The highest BCUT2D eigenvalue weighted by Crippen LogP contribution is 2.21. The monoisotopic (exact) mass is 312 g/mol. The summed E-state index contributed by atoms with van der Waals surface area (Å²) in [6, 6.07) is 0.509. The lowest BCUT2D eigenvalue weighted by Gasteiger charge is -2.36. The summed E-state index contributed by atoms with van der Waals surface area (Å²) < 4.78 is 4.91. The van der Waals surface area contributed by atoms with Gasteiger partial charge < -0.3 is 19.9 Å². The number of nitrogens with zero attached hydrogens (tertiary/aromatic N) is 3. The zero-order chi connectivity index (χ0) is 15.9. The topological polar surface area (TPSA) is 65.1 Å². The number of ether oxygens (including phenoxy) is 1. The average molecular weight is 312 g/mol. The van der Waals surface area contributed by atoms with Gasteiger partial charge in [-0.05, 0) is 19.8 Å². The number of amides is 3. The molecule has 0 aromatic heterocycles. The summed E-state index contributed by atoms with van der Waals surface area (Å²) in [7, 11) is 1.62. The second-order valence-electron chi connectivity index (χ2n) is 5.91. The van der Waals surface area contributed by atoms with Crippen LogP contribution in [0.2, 0.25) is 0 Å². The minimum Gasteiger partial charge on any atom is -0.383 e. The molecule has 0 unspecified atom stereocenters. The molecule has 0 aliphatic carbocycles. The lowest BCUT2D eigenvalue weighted by molar-refractivity contribution is -0.122. The predicted octanol–water partition coefficient (Wildman–Crippen LogP) is -0.0291. The molecule has 2 aliphatic rings. The molecule has 0 atom stereocenters. The van der Waals surface area contributed by atoms with Gasteiger partial charge in [-0.1, -0.05) is 0 Å². The first-order chi connectivity index (χ1) is 10.7. The third-order valence-electron chi connectivity index (χ3n) is 4.50. The predicted molar refractivity (Wildman–Crippen MR) is 83.7 cm³/mol. The Morgan fingerprint density at radius 1 is 1.27 bits per heavy atom. The van der Waals surface area contributed by atoms with E-state index in [1.54, 1.807) is 7.11 Å². The first-order valence-electron chi connectivity index (χ1n) is 8.19. The van der Waals surface area contributed by atoms with Crippen LogP contribution in [0.4, 0.5) is 4.79 Å². The molecule has 126 valence electrons. The minimum absolute atomic E-state index is 0.0462. The van der Waals surface area contributed by atoms with Gasteiger partial charge in [0, 0.05) is 52.4 Å². The summed E-state index contributed by atoms with van der Waals surface area (Å²) >= 11 is 0. The Morgan fingerprint density at radius 3 is 2.59 bits per heavy atom. The quantitative estimate of drug-likeness (QED) is 0.671. The Kier molecular flexibility index (Phi) is 6.45. The molecule has 7 nitrogen and oxygen atoms in total. The number of hydrogen-bond donors (Lipinski definition) is 1. The van der Waals surface area contributed by atoms with Gasteiger partial charge in [0.1, 0.15) is 0 Å². The van der Waals surface area contributed by atoms with Crippen LogP contribution in [0.15, 0.2) is 0 Å². The van der Waals surface area contributed by atoms with Gasteiger partial charge in [0.2, 0.25) is 5.91 Å². The second kappa shape index (κ2) is 8.33. The fraction of sp³-hybridized carbons (Fsp3) is 0.867. The van der Waals surface area contributed by atoms with Gasteiger partial charge in [-0.2, -0.15) is 0 Å². The van der Waals surface area contributed by atoms with Crippen LogP contribution in [0.5, 0.6) is 0 Å². The van der Waals surface area contributed by atoms with Crippen LogP contribution in [-0.2, 0) is 9.53 Å². The number of methoxy groups -OCH3 is 1. The van der Waals surface area contributed by atoms with Crippen molar-refractivity contribution in [2.45, 2.75) is 25.8 Å². The maximum absolute atomic E-state index is 12.2. The SMILES string of the molecule is CCN1CCN(C2CCN(CC(=O)NCCOC)CC2)C1=O. The van der Waals surface area contributed by atoms with E-state index >= 15 is 0 Å². The van der Waals surface area contributed by atoms with Crippen molar-refractivity contribution in [1.29, 1.82) is 0 Å². The minimum atomic E-state index is 0.0462. The van der Waals surface area contributed by atoms with E-state index < -0.39 is 0 Å². The third-order valence-corrected chi connectivity index (χ3v) is 4.50. The molecule has 0 radical (unpaired) electrons. The zero-order valence-electron chi connectivity index (χ0n) is 13.7. The molecule has 2 rings (SSSR count). The summed E-state index contributed by atoms with van der Waals surface area (Å²) in [6.45, 7) is 7.77. The van der Waals surface area contributed by atoms with E-state index in [4.69, 9.17) is 4.74 Å². The first-order valence-corrected chi connectivity index (χ1v) is 8.19. The maximum Gasteiger partial charge on any atom is 0.320 e. The lowest BCUT2D eigenvalue weighted by Crippen LogP contribution is -2.48. The molecule has 0 aromatic rings. The van der Waals surface area contributed by atoms with Crippen LogP contribution in [-0.4, -0.2) is 92.2 Å². The number of nitrogens with one attached hydrogen (secondary N) is 1. The van der Waals surface area contributed by atoms with E-state index in [-0.39, 0.29) is 11.9 Å². The number of likely N-dealkylation sites (N-methyl/N-ethyl adjacent to an activating group) is 1. The van der Waals surface area contributed by atoms with Crippen LogP contribution in [0, 0.1) is 0 Å². The summed E-state index contributed by atoms with van der Waals surface area (Å²) in [6.07, 6.45) is 1.91. The van der Waals surface area contributed by atoms with Crippen molar-refractivity contribution in [2.24, 2.45) is 0 Å². The largest absolute Gasteiger partial charge is 0.383 e. The van der Waals surface area contributed by atoms with Crippen LogP contribution >= 0.6 is 0 Å². The van der Waals surface area contributed by atoms with Gasteiger partial charge >= 0.3 is 6.03 Å². The number of carbonyl (C=O) groups excluding carboxylic acids is 2. The van der Waals surface area contributed by atoms with Gasteiger partial charge in [-0.15, -0.1) is 0 Å². The van der Waals surface area contributed by atoms with E-state index in [9.17, 15) is 9.59 Å². The fourth-order valence-corrected chi connectivity index (χ4v) is 3.17. The van der Waals surface area contributed by atoms with Crippen molar-refractivity contribution in [3.8, 4) is 0 Å². The number of carbonyl (C=O) groups is 2. The van der Waals surface area contributed by atoms with Crippen LogP contribution < -0.4 is 5.32 Å². The molecule has 2 saturated heterocycles. The Labute approximate surface area is 132 Å². The third kappa shape index (κ3) is 4.33. The molecule has 1 N–H and O–H groups in total. The molecular formula is C15H28N4O3. The van der Waals surface area contributed by atoms with Gasteiger partial charge in [0.15, 0.2) is 0 Å². The van der Waals surface area contributed by atoms with Crippen molar-refractivity contribution in [1.82, 2.24) is 20.0 Å². The van der Waals surface area contributed by atoms with E-state index in [2.05, 4.69) is 10.2 Å². The molecule has 7 heteroatoms. The van der Waals surface area contributed by atoms with E-state index in [1.165, 1.54) is 0 Å². The summed E-state index contributed by atoms with van der Waals surface area (Å²) in [5, 5.41) is 2.84. The highest BCUT2D eigenvalue weighted by atomic mass is 16.5. The van der Waals surface area contributed by atoms with E-state index in [0.717, 1.165) is 45.6 Å². The average Bonchev–Trinajstić information content (AvgIpc) is 2.89. The molecule has 0 aromatic carbocycles. The van der Waals surface area contributed by atoms with Crippen LogP contribution in [0.3, 0.4) is 0 Å². The zero-order valence-corrected chi connectivity index (χ0v) is 13.7.